The zero-order valence-electron chi connectivity index (χ0n) is 12.0. The Kier molecular flexibility index (Phi) is 6.48. The molecule has 1 aromatic carbocycles. The number of nitrogens with zero attached hydrogens (tertiary/aromatic N) is 1. The summed E-state index contributed by atoms with van der Waals surface area (Å²) < 4.78 is 26.0. The van der Waals surface area contributed by atoms with Gasteiger partial charge in [-0.05, 0) is 30.7 Å². The van der Waals surface area contributed by atoms with Crippen LogP contribution in [0.2, 0.25) is 0 Å². The van der Waals surface area contributed by atoms with E-state index in [-0.39, 0.29) is 0 Å². The zero-order chi connectivity index (χ0) is 14.3. The second kappa shape index (κ2) is 7.62. The summed E-state index contributed by atoms with van der Waals surface area (Å²) in [5, 5.41) is 3.29. The fraction of sp³-hybridized carbons (Fsp3) is 0.571. The van der Waals surface area contributed by atoms with Gasteiger partial charge >= 0.3 is 0 Å². The highest BCUT2D eigenvalue weighted by atomic mass is 32.2. The molecule has 0 atom stereocenters. The quantitative estimate of drug-likeness (QED) is 0.745. The summed E-state index contributed by atoms with van der Waals surface area (Å²) >= 11 is 0. The molecule has 1 rings (SSSR count). The van der Waals surface area contributed by atoms with E-state index in [2.05, 4.69) is 12.2 Å². The lowest BCUT2D eigenvalue weighted by Crippen LogP contribution is -2.30. The van der Waals surface area contributed by atoms with Gasteiger partial charge in [-0.15, -0.1) is 0 Å². The van der Waals surface area contributed by atoms with Gasteiger partial charge in [-0.1, -0.05) is 32.9 Å². The summed E-state index contributed by atoms with van der Waals surface area (Å²) in [5.41, 5.74) is 1.10. The van der Waals surface area contributed by atoms with E-state index in [4.69, 9.17) is 0 Å². The van der Waals surface area contributed by atoms with Crippen molar-refractivity contribution >= 4 is 10.0 Å². The van der Waals surface area contributed by atoms with Crippen LogP contribution in [0.5, 0.6) is 0 Å². The Hall–Kier alpha value is -0.910. The second-order valence-electron chi connectivity index (χ2n) is 4.41. The summed E-state index contributed by atoms with van der Waals surface area (Å²) in [6.45, 7) is 8.57. The molecule has 0 aliphatic rings. The monoisotopic (exact) mass is 284 g/mol. The summed E-state index contributed by atoms with van der Waals surface area (Å²) in [4.78, 5) is 0.371. The minimum Gasteiger partial charge on any atom is -0.313 e. The van der Waals surface area contributed by atoms with Crippen LogP contribution in [0.25, 0.3) is 0 Å². The SMILES string of the molecule is CCCNCc1ccc(S(=O)(=O)N(CC)CC)cc1. The molecule has 4 nitrogen and oxygen atoms in total. The molecule has 0 heterocycles. The van der Waals surface area contributed by atoms with E-state index in [0.717, 1.165) is 25.1 Å². The van der Waals surface area contributed by atoms with Crippen molar-refractivity contribution in [3.63, 3.8) is 0 Å². The molecule has 0 aliphatic carbocycles. The molecule has 0 unspecified atom stereocenters. The molecular formula is C14H24N2O2S. The highest BCUT2D eigenvalue weighted by Gasteiger charge is 2.20. The van der Waals surface area contributed by atoms with Gasteiger partial charge in [-0.25, -0.2) is 8.42 Å². The number of hydrogen-bond acceptors (Lipinski definition) is 3. The fourth-order valence-electron chi connectivity index (χ4n) is 1.90. The van der Waals surface area contributed by atoms with E-state index in [1.54, 1.807) is 12.1 Å². The van der Waals surface area contributed by atoms with Crippen LogP contribution in [0.15, 0.2) is 29.2 Å². The van der Waals surface area contributed by atoms with Crippen LogP contribution in [0.4, 0.5) is 0 Å². The van der Waals surface area contributed by atoms with Crippen molar-refractivity contribution in [3.8, 4) is 0 Å². The van der Waals surface area contributed by atoms with Crippen molar-refractivity contribution in [1.29, 1.82) is 0 Å². The Morgan fingerprint density at radius 1 is 1.05 bits per heavy atom. The first-order valence-corrected chi connectivity index (χ1v) is 8.30. The Labute approximate surface area is 116 Å². The maximum atomic E-state index is 12.3. The molecule has 0 spiro atoms. The average molecular weight is 284 g/mol. The van der Waals surface area contributed by atoms with Crippen LogP contribution < -0.4 is 5.32 Å². The number of benzene rings is 1. The highest BCUT2D eigenvalue weighted by Crippen LogP contribution is 2.16. The molecular weight excluding hydrogens is 260 g/mol. The predicted octanol–water partition coefficient (Wildman–Crippen LogP) is 2.22. The van der Waals surface area contributed by atoms with Crippen molar-refractivity contribution in [2.45, 2.75) is 38.6 Å². The van der Waals surface area contributed by atoms with Crippen LogP contribution in [0, 0.1) is 0 Å². The predicted molar refractivity (Wildman–Crippen MR) is 78.5 cm³/mol. The summed E-state index contributed by atoms with van der Waals surface area (Å²) in [6.07, 6.45) is 1.09. The first kappa shape index (κ1) is 16.1. The van der Waals surface area contributed by atoms with Gasteiger partial charge in [0.25, 0.3) is 0 Å². The highest BCUT2D eigenvalue weighted by molar-refractivity contribution is 7.89. The Morgan fingerprint density at radius 3 is 2.11 bits per heavy atom. The minimum absolute atomic E-state index is 0.371. The van der Waals surface area contributed by atoms with Crippen molar-refractivity contribution in [2.24, 2.45) is 0 Å². The minimum atomic E-state index is -3.33. The topological polar surface area (TPSA) is 49.4 Å². The lowest BCUT2D eigenvalue weighted by molar-refractivity contribution is 0.445. The Morgan fingerprint density at radius 2 is 1.63 bits per heavy atom. The molecule has 0 bridgehead atoms. The lowest BCUT2D eigenvalue weighted by Gasteiger charge is -2.18. The van der Waals surface area contributed by atoms with E-state index >= 15 is 0 Å². The maximum Gasteiger partial charge on any atom is 0.243 e. The number of nitrogens with one attached hydrogen (secondary N) is 1. The van der Waals surface area contributed by atoms with Crippen LogP contribution in [-0.2, 0) is 16.6 Å². The van der Waals surface area contributed by atoms with Gasteiger partial charge < -0.3 is 5.32 Å². The van der Waals surface area contributed by atoms with Gasteiger partial charge in [0.1, 0.15) is 0 Å². The number of rotatable bonds is 8. The molecule has 5 heteroatoms. The van der Waals surface area contributed by atoms with Gasteiger partial charge in [0, 0.05) is 19.6 Å². The van der Waals surface area contributed by atoms with E-state index in [1.807, 2.05) is 26.0 Å². The number of hydrogen-bond donors (Lipinski definition) is 1. The van der Waals surface area contributed by atoms with Crippen LogP contribution in [-0.4, -0.2) is 32.4 Å². The van der Waals surface area contributed by atoms with Gasteiger partial charge in [-0.2, -0.15) is 4.31 Å². The van der Waals surface area contributed by atoms with Crippen molar-refractivity contribution in [2.75, 3.05) is 19.6 Å². The molecule has 1 aromatic rings. The largest absolute Gasteiger partial charge is 0.313 e. The van der Waals surface area contributed by atoms with E-state index < -0.39 is 10.0 Å². The van der Waals surface area contributed by atoms with Crippen molar-refractivity contribution < 1.29 is 8.42 Å². The van der Waals surface area contributed by atoms with Crippen LogP contribution >= 0.6 is 0 Å². The van der Waals surface area contributed by atoms with Crippen molar-refractivity contribution in [1.82, 2.24) is 9.62 Å². The van der Waals surface area contributed by atoms with E-state index in [0.29, 0.717) is 18.0 Å². The number of sulfonamides is 1. The standard InChI is InChI=1S/C14H24N2O2S/c1-4-11-15-12-13-7-9-14(10-8-13)19(17,18)16(5-2)6-3/h7-10,15H,4-6,11-12H2,1-3H3. The normalized spacial score (nSPS) is 12.0. The van der Waals surface area contributed by atoms with E-state index in [9.17, 15) is 8.42 Å². The molecule has 19 heavy (non-hydrogen) atoms. The summed E-state index contributed by atoms with van der Waals surface area (Å²) in [5.74, 6) is 0. The van der Waals surface area contributed by atoms with Gasteiger partial charge in [0.15, 0.2) is 0 Å². The lowest BCUT2D eigenvalue weighted by atomic mass is 10.2. The maximum absolute atomic E-state index is 12.3. The van der Waals surface area contributed by atoms with Gasteiger partial charge in [-0.3, -0.25) is 0 Å². The molecule has 0 aliphatic heterocycles. The zero-order valence-corrected chi connectivity index (χ0v) is 12.8. The first-order chi connectivity index (χ1) is 9.06. The smallest absolute Gasteiger partial charge is 0.243 e. The van der Waals surface area contributed by atoms with Gasteiger partial charge in [0.05, 0.1) is 4.90 Å². The third-order valence-electron chi connectivity index (χ3n) is 3.02. The molecule has 1 N–H and O–H groups in total. The molecule has 108 valence electrons. The summed E-state index contributed by atoms with van der Waals surface area (Å²) in [6, 6.07) is 7.13. The third-order valence-corrected chi connectivity index (χ3v) is 5.09. The fourth-order valence-corrected chi connectivity index (χ4v) is 3.36. The van der Waals surface area contributed by atoms with Crippen molar-refractivity contribution in [3.05, 3.63) is 29.8 Å². The van der Waals surface area contributed by atoms with E-state index in [1.165, 1.54) is 4.31 Å². The molecule has 0 amide bonds. The Balaban J connectivity index is 2.80. The summed E-state index contributed by atoms with van der Waals surface area (Å²) in [7, 11) is -3.33. The average Bonchev–Trinajstić information content (AvgIpc) is 2.41. The molecule has 0 radical (unpaired) electrons. The third kappa shape index (κ3) is 4.30. The first-order valence-electron chi connectivity index (χ1n) is 6.86. The molecule has 0 saturated heterocycles. The van der Waals surface area contributed by atoms with Gasteiger partial charge in [0.2, 0.25) is 10.0 Å². The van der Waals surface area contributed by atoms with Crippen LogP contribution in [0.1, 0.15) is 32.8 Å². The Bertz CT molecular complexity index is 465. The van der Waals surface area contributed by atoms with Crippen LogP contribution in [0.3, 0.4) is 0 Å². The second-order valence-corrected chi connectivity index (χ2v) is 6.35. The molecule has 0 fully saturated rings. The molecule has 0 saturated carbocycles. The molecule has 0 aromatic heterocycles.